The fraction of sp³-hybridized carbons (Fsp3) is 0.250. The van der Waals surface area contributed by atoms with Crippen LogP contribution >= 0.6 is 22.6 Å². The van der Waals surface area contributed by atoms with Crippen LogP contribution < -0.4 is 0 Å². The highest BCUT2D eigenvalue weighted by molar-refractivity contribution is 14.1. The van der Waals surface area contributed by atoms with E-state index in [0.717, 1.165) is 14.8 Å². The van der Waals surface area contributed by atoms with Crippen molar-refractivity contribution in [3.63, 3.8) is 0 Å². The second kappa shape index (κ2) is 6.62. The molecule has 0 radical (unpaired) electrons. The van der Waals surface area contributed by atoms with Gasteiger partial charge >= 0.3 is 0 Å². The summed E-state index contributed by atoms with van der Waals surface area (Å²) in [6, 6.07) is 8.94. The van der Waals surface area contributed by atoms with Gasteiger partial charge in [0.2, 0.25) is 0 Å². The number of aromatic nitrogens is 1. The zero-order valence-electron chi connectivity index (χ0n) is 11.8. The summed E-state index contributed by atoms with van der Waals surface area (Å²) in [5.74, 6) is 0.242. The summed E-state index contributed by atoms with van der Waals surface area (Å²) < 4.78 is 6.02. The van der Waals surface area contributed by atoms with Gasteiger partial charge in [-0.05, 0) is 52.9 Å². The Labute approximate surface area is 142 Å². The molecule has 1 aromatic heterocycles. The van der Waals surface area contributed by atoms with Gasteiger partial charge in [0.05, 0.1) is 28.0 Å². The molecule has 6 heteroatoms. The van der Waals surface area contributed by atoms with Crippen molar-refractivity contribution < 1.29 is 14.6 Å². The second-order valence-electron chi connectivity index (χ2n) is 5.00. The van der Waals surface area contributed by atoms with E-state index in [9.17, 15) is 9.90 Å². The van der Waals surface area contributed by atoms with Gasteiger partial charge in [0.1, 0.15) is 5.75 Å². The predicted octanol–water partition coefficient (Wildman–Crippen LogP) is 2.53. The molecule has 2 heterocycles. The molecule has 1 aliphatic heterocycles. The van der Waals surface area contributed by atoms with Crippen LogP contribution in [-0.2, 0) is 4.74 Å². The topological polar surface area (TPSA) is 62.7 Å². The molecule has 1 aliphatic rings. The first-order valence-corrected chi connectivity index (χ1v) is 8.05. The van der Waals surface area contributed by atoms with Gasteiger partial charge in [-0.1, -0.05) is 0 Å². The van der Waals surface area contributed by atoms with Crippen LogP contribution in [0.4, 0.5) is 0 Å². The number of aromatic hydroxyl groups is 1. The number of phenols is 1. The van der Waals surface area contributed by atoms with Crippen LogP contribution in [0.5, 0.6) is 5.75 Å². The lowest BCUT2D eigenvalue weighted by molar-refractivity contribution is 0.0302. The largest absolute Gasteiger partial charge is 0.507 e. The fourth-order valence-corrected chi connectivity index (χ4v) is 2.82. The monoisotopic (exact) mass is 410 g/mol. The van der Waals surface area contributed by atoms with Crippen molar-refractivity contribution in [2.75, 3.05) is 26.3 Å². The molecule has 0 aliphatic carbocycles. The Bertz CT molecular complexity index is 682. The lowest BCUT2D eigenvalue weighted by Gasteiger charge is -2.26. The lowest BCUT2D eigenvalue weighted by Crippen LogP contribution is -2.40. The number of carbonyl (C=O) groups excluding carboxylic acids is 1. The Morgan fingerprint density at radius 1 is 1.23 bits per heavy atom. The number of benzene rings is 1. The highest BCUT2D eigenvalue weighted by atomic mass is 127. The van der Waals surface area contributed by atoms with Crippen LogP contribution in [0, 0.1) is 3.57 Å². The molecule has 1 fully saturated rings. The van der Waals surface area contributed by atoms with Gasteiger partial charge in [0, 0.05) is 24.8 Å². The number of hydrogen-bond acceptors (Lipinski definition) is 4. The van der Waals surface area contributed by atoms with E-state index in [1.165, 1.54) is 0 Å². The molecule has 22 heavy (non-hydrogen) atoms. The zero-order chi connectivity index (χ0) is 15.5. The molecule has 0 saturated carbocycles. The smallest absolute Gasteiger partial charge is 0.255 e. The molecule has 1 saturated heterocycles. The molecule has 1 aromatic carbocycles. The van der Waals surface area contributed by atoms with E-state index >= 15 is 0 Å². The molecule has 0 atom stereocenters. The average molecular weight is 410 g/mol. The molecule has 114 valence electrons. The minimum atomic E-state index is -0.0114. The van der Waals surface area contributed by atoms with Crippen molar-refractivity contribution in [3.05, 3.63) is 45.7 Å². The Balaban J connectivity index is 1.79. The first-order chi connectivity index (χ1) is 10.6. The molecule has 0 unspecified atom stereocenters. The van der Waals surface area contributed by atoms with Crippen LogP contribution in [0.15, 0.2) is 36.5 Å². The summed E-state index contributed by atoms with van der Waals surface area (Å²) in [7, 11) is 0. The number of pyridine rings is 1. The number of ether oxygens (including phenoxy) is 1. The predicted molar refractivity (Wildman–Crippen MR) is 90.8 cm³/mol. The van der Waals surface area contributed by atoms with Crippen molar-refractivity contribution in [3.8, 4) is 17.0 Å². The summed E-state index contributed by atoms with van der Waals surface area (Å²) in [4.78, 5) is 18.5. The maximum absolute atomic E-state index is 12.3. The molecular formula is C16H15IN2O3. The Kier molecular flexibility index (Phi) is 4.58. The number of morpholine rings is 1. The van der Waals surface area contributed by atoms with Gasteiger partial charge in [-0.3, -0.25) is 9.78 Å². The van der Waals surface area contributed by atoms with Gasteiger partial charge in [-0.15, -0.1) is 0 Å². The highest BCUT2D eigenvalue weighted by Gasteiger charge is 2.18. The normalized spacial score (nSPS) is 14.9. The van der Waals surface area contributed by atoms with E-state index in [4.69, 9.17) is 4.74 Å². The number of phenolic OH excluding ortho intramolecular Hbond substituents is 1. The summed E-state index contributed by atoms with van der Waals surface area (Å²) >= 11 is 2.07. The van der Waals surface area contributed by atoms with Crippen molar-refractivity contribution in [1.29, 1.82) is 0 Å². The van der Waals surface area contributed by atoms with Crippen molar-refractivity contribution in [2.24, 2.45) is 0 Å². The van der Waals surface area contributed by atoms with Gasteiger partial charge in [-0.2, -0.15) is 0 Å². The van der Waals surface area contributed by atoms with Crippen LogP contribution in [0.25, 0.3) is 11.3 Å². The summed E-state index contributed by atoms with van der Waals surface area (Å²) in [5.41, 5.74) is 2.27. The number of hydrogen-bond donors (Lipinski definition) is 1. The SMILES string of the molecule is O=C(c1ccc(-c2ccc(O)c(I)c2)nc1)N1CCOCC1. The maximum atomic E-state index is 12.3. The first kappa shape index (κ1) is 15.2. The third kappa shape index (κ3) is 3.22. The second-order valence-corrected chi connectivity index (χ2v) is 6.17. The summed E-state index contributed by atoms with van der Waals surface area (Å²) in [6.07, 6.45) is 1.60. The summed E-state index contributed by atoms with van der Waals surface area (Å²) in [6.45, 7) is 2.42. The van der Waals surface area contributed by atoms with E-state index in [2.05, 4.69) is 27.6 Å². The summed E-state index contributed by atoms with van der Waals surface area (Å²) in [5, 5.41) is 9.56. The van der Waals surface area contributed by atoms with Gasteiger partial charge in [-0.25, -0.2) is 0 Å². The Hall–Kier alpha value is -1.67. The Morgan fingerprint density at radius 3 is 2.64 bits per heavy atom. The number of nitrogens with zero attached hydrogens (tertiary/aromatic N) is 2. The molecule has 1 N–H and O–H groups in total. The van der Waals surface area contributed by atoms with Crippen LogP contribution in [0.3, 0.4) is 0 Å². The van der Waals surface area contributed by atoms with Crippen molar-refractivity contribution in [1.82, 2.24) is 9.88 Å². The number of amides is 1. The maximum Gasteiger partial charge on any atom is 0.255 e. The highest BCUT2D eigenvalue weighted by Crippen LogP contribution is 2.26. The number of carbonyl (C=O) groups is 1. The minimum absolute atomic E-state index is 0.0114. The van der Waals surface area contributed by atoms with Crippen LogP contribution in [-0.4, -0.2) is 47.2 Å². The third-order valence-corrected chi connectivity index (χ3v) is 4.42. The molecular weight excluding hydrogens is 395 g/mol. The van der Waals surface area contributed by atoms with Gasteiger partial charge in [0.25, 0.3) is 5.91 Å². The average Bonchev–Trinajstić information content (AvgIpc) is 2.58. The standard InChI is InChI=1S/C16H15IN2O3/c17-13-9-11(2-4-15(13)20)14-3-1-12(10-18-14)16(21)19-5-7-22-8-6-19/h1-4,9-10,20H,5-8H2. The molecule has 3 rings (SSSR count). The molecule has 5 nitrogen and oxygen atoms in total. The minimum Gasteiger partial charge on any atom is -0.507 e. The van der Waals surface area contributed by atoms with E-state index in [0.29, 0.717) is 31.9 Å². The van der Waals surface area contributed by atoms with E-state index in [1.54, 1.807) is 23.2 Å². The van der Waals surface area contributed by atoms with Crippen LogP contribution in [0.1, 0.15) is 10.4 Å². The van der Waals surface area contributed by atoms with Gasteiger partial charge in [0.15, 0.2) is 0 Å². The van der Waals surface area contributed by atoms with Crippen LogP contribution in [0.2, 0.25) is 0 Å². The van der Waals surface area contributed by atoms with E-state index in [-0.39, 0.29) is 11.7 Å². The zero-order valence-corrected chi connectivity index (χ0v) is 14.0. The molecule has 1 amide bonds. The van der Waals surface area contributed by atoms with Gasteiger partial charge < -0.3 is 14.7 Å². The Morgan fingerprint density at radius 2 is 2.00 bits per heavy atom. The fourth-order valence-electron chi connectivity index (χ4n) is 2.31. The lowest BCUT2D eigenvalue weighted by atomic mass is 10.1. The number of rotatable bonds is 2. The third-order valence-electron chi connectivity index (χ3n) is 3.55. The van der Waals surface area contributed by atoms with Crippen molar-refractivity contribution in [2.45, 2.75) is 0 Å². The van der Waals surface area contributed by atoms with Crippen molar-refractivity contribution >= 4 is 28.5 Å². The first-order valence-electron chi connectivity index (χ1n) is 6.97. The molecule has 2 aromatic rings. The van der Waals surface area contributed by atoms with E-state index < -0.39 is 0 Å². The number of halogens is 1. The quantitative estimate of drug-likeness (QED) is 0.774. The molecule has 0 bridgehead atoms. The van der Waals surface area contributed by atoms with E-state index in [1.807, 2.05) is 18.2 Å². The molecule has 0 spiro atoms.